The number of aromatic nitrogens is 2. The van der Waals surface area contributed by atoms with Crippen molar-refractivity contribution in [2.45, 2.75) is 6.92 Å². The Morgan fingerprint density at radius 1 is 1.39 bits per heavy atom. The SMILES string of the molecule is Cc1nn(C)c(Nc2cc(Cl)ccc2Cl)c1C#N. The molecule has 6 heteroatoms. The van der Waals surface area contributed by atoms with E-state index in [1.807, 2.05) is 0 Å². The summed E-state index contributed by atoms with van der Waals surface area (Å²) < 4.78 is 1.60. The Bertz CT molecular complexity index is 640. The summed E-state index contributed by atoms with van der Waals surface area (Å²) in [6.07, 6.45) is 0. The second-order valence-electron chi connectivity index (χ2n) is 3.79. The van der Waals surface area contributed by atoms with Crippen LogP contribution in [0.4, 0.5) is 11.5 Å². The van der Waals surface area contributed by atoms with Crippen molar-refractivity contribution >= 4 is 34.7 Å². The quantitative estimate of drug-likeness (QED) is 0.914. The van der Waals surface area contributed by atoms with Crippen molar-refractivity contribution in [1.29, 1.82) is 5.26 Å². The molecule has 0 aliphatic rings. The zero-order valence-electron chi connectivity index (χ0n) is 9.83. The molecule has 1 aromatic carbocycles. The molecule has 1 N–H and O–H groups in total. The van der Waals surface area contributed by atoms with Crippen LogP contribution in [0.25, 0.3) is 0 Å². The van der Waals surface area contributed by atoms with Crippen LogP contribution in [0.2, 0.25) is 10.0 Å². The first kappa shape index (κ1) is 12.7. The zero-order valence-corrected chi connectivity index (χ0v) is 11.3. The van der Waals surface area contributed by atoms with Gasteiger partial charge in [0.1, 0.15) is 17.5 Å². The molecular formula is C12H10Cl2N4. The van der Waals surface area contributed by atoms with Crippen LogP contribution in [-0.4, -0.2) is 9.78 Å². The monoisotopic (exact) mass is 280 g/mol. The number of anilines is 2. The second-order valence-corrected chi connectivity index (χ2v) is 4.64. The number of hydrogen-bond donors (Lipinski definition) is 1. The molecule has 0 aliphatic heterocycles. The summed E-state index contributed by atoms with van der Waals surface area (Å²) in [6.45, 7) is 1.78. The number of rotatable bonds is 2. The number of hydrogen-bond acceptors (Lipinski definition) is 3. The first-order valence-electron chi connectivity index (χ1n) is 5.18. The Hall–Kier alpha value is -1.70. The molecule has 0 amide bonds. The normalized spacial score (nSPS) is 10.2. The maximum atomic E-state index is 9.11. The van der Waals surface area contributed by atoms with Gasteiger partial charge in [-0.2, -0.15) is 10.4 Å². The van der Waals surface area contributed by atoms with Gasteiger partial charge < -0.3 is 5.32 Å². The lowest BCUT2D eigenvalue weighted by Gasteiger charge is -2.09. The van der Waals surface area contributed by atoms with E-state index >= 15 is 0 Å². The van der Waals surface area contributed by atoms with Gasteiger partial charge in [-0.1, -0.05) is 23.2 Å². The van der Waals surface area contributed by atoms with Gasteiger partial charge in [0.2, 0.25) is 0 Å². The van der Waals surface area contributed by atoms with Gasteiger partial charge in [-0.05, 0) is 25.1 Å². The zero-order chi connectivity index (χ0) is 13.3. The van der Waals surface area contributed by atoms with E-state index in [9.17, 15) is 0 Å². The van der Waals surface area contributed by atoms with Crippen LogP contribution < -0.4 is 5.32 Å². The molecule has 1 heterocycles. The molecule has 0 saturated heterocycles. The van der Waals surface area contributed by atoms with Crippen molar-refractivity contribution in [2.24, 2.45) is 7.05 Å². The first-order valence-corrected chi connectivity index (χ1v) is 5.94. The lowest BCUT2D eigenvalue weighted by molar-refractivity contribution is 0.765. The van der Waals surface area contributed by atoms with Crippen LogP contribution in [0.3, 0.4) is 0 Å². The van der Waals surface area contributed by atoms with E-state index in [4.69, 9.17) is 28.5 Å². The minimum Gasteiger partial charge on any atom is -0.338 e. The summed E-state index contributed by atoms with van der Waals surface area (Å²) in [5.41, 5.74) is 1.80. The highest BCUT2D eigenvalue weighted by Gasteiger charge is 2.14. The standard InChI is InChI=1S/C12H10Cl2N4/c1-7-9(6-15)12(18(2)17-7)16-11-5-8(13)3-4-10(11)14/h3-5,16H,1-2H3. The van der Waals surface area contributed by atoms with Gasteiger partial charge in [-0.15, -0.1) is 0 Å². The van der Waals surface area contributed by atoms with E-state index in [1.165, 1.54) is 0 Å². The highest BCUT2D eigenvalue weighted by atomic mass is 35.5. The van der Waals surface area contributed by atoms with Crippen LogP contribution >= 0.6 is 23.2 Å². The van der Waals surface area contributed by atoms with E-state index in [2.05, 4.69) is 16.5 Å². The minimum atomic E-state index is 0.494. The van der Waals surface area contributed by atoms with E-state index in [-0.39, 0.29) is 0 Å². The first-order chi connectivity index (χ1) is 8.52. The molecule has 0 atom stereocenters. The third kappa shape index (κ3) is 2.28. The average Bonchev–Trinajstić information content (AvgIpc) is 2.58. The Balaban J connectivity index is 2.46. The minimum absolute atomic E-state index is 0.494. The summed E-state index contributed by atoms with van der Waals surface area (Å²) in [5, 5.41) is 17.5. The molecule has 0 bridgehead atoms. The predicted octanol–water partition coefficient (Wildman–Crippen LogP) is 3.65. The predicted molar refractivity (Wildman–Crippen MR) is 72.4 cm³/mol. The fourth-order valence-electron chi connectivity index (χ4n) is 1.66. The van der Waals surface area contributed by atoms with Crippen molar-refractivity contribution < 1.29 is 0 Å². The number of nitrogens with zero attached hydrogens (tertiary/aromatic N) is 3. The molecule has 0 fully saturated rings. The molecule has 0 saturated carbocycles. The molecule has 0 spiro atoms. The highest BCUT2D eigenvalue weighted by Crippen LogP contribution is 2.30. The Morgan fingerprint density at radius 3 is 2.78 bits per heavy atom. The van der Waals surface area contributed by atoms with Crippen LogP contribution in [0.1, 0.15) is 11.3 Å². The fraction of sp³-hybridized carbons (Fsp3) is 0.167. The lowest BCUT2D eigenvalue weighted by atomic mass is 10.2. The summed E-state index contributed by atoms with van der Waals surface area (Å²) in [6, 6.07) is 7.22. The fourth-order valence-corrected chi connectivity index (χ4v) is 1.99. The van der Waals surface area contributed by atoms with Crippen LogP contribution in [0, 0.1) is 18.3 Å². The summed E-state index contributed by atoms with van der Waals surface area (Å²) in [5.74, 6) is 0.596. The Morgan fingerprint density at radius 2 is 2.11 bits per heavy atom. The van der Waals surface area contributed by atoms with Crippen molar-refractivity contribution in [3.63, 3.8) is 0 Å². The number of nitrogens with one attached hydrogen (secondary N) is 1. The summed E-state index contributed by atoms with van der Waals surface area (Å²) in [4.78, 5) is 0. The molecule has 92 valence electrons. The van der Waals surface area contributed by atoms with Gasteiger partial charge >= 0.3 is 0 Å². The van der Waals surface area contributed by atoms with Crippen LogP contribution in [0.5, 0.6) is 0 Å². The van der Waals surface area contributed by atoms with Crippen molar-refractivity contribution in [3.8, 4) is 6.07 Å². The number of aryl methyl sites for hydroxylation is 2. The number of benzene rings is 1. The summed E-state index contributed by atoms with van der Waals surface area (Å²) in [7, 11) is 1.76. The molecular weight excluding hydrogens is 271 g/mol. The van der Waals surface area contributed by atoms with E-state index in [1.54, 1.807) is 36.9 Å². The molecule has 0 radical (unpaired) electrons. The molecule has 0 aliphatic carbocycles. The van der Waals surface area contributed by atoms with Gasteiger partial charge in [0.25, 0.3) is 0 Å². The van der Waals surface area contributed by atoms with Crippen LogP contribution in [0.15, 0.2) is 18.2 Å². The molecule has 4 nitrogen and oxygen atoms in total. The summed E-state index contributed by atoms with van der Waals surface area (Å²) >= 11 is 12.0. The van der Waals surface area contributed by atoms with E-state index in [0.29, 0.717) is 32.8 Å². The maximum absolute atomic E-state index is 9.11. The number of halogens is 2. The largest absolute Gasteiger partial charge is 0.338 e. The average molecular weight is 281 g/mol. The van der Waals surface area contributed by atoms with Crippen molar-refractivity contribution in [2.75, 3.05) is 5.32 Å². The van der Waals surface area contributed by atoms with Gasteiger partial charge in [0.15, 0.2) is 0 Å². The number of nitriles is 1. The van der Waals surface area contributed by atoms with E-state index < -0.39 is 0 Å². The van der Waals surface area contributed by atoms with Crippen molar-refractivity contribution in [3.05, 3.63) is 39.5 Å². The molecule has 1 aromatic heterocycles. The third-order valence-corrected chi connectivity index (χ3v) is 3.08. The van der Waals surface area contributed by atoms with Gasteiger partial charge in [0.05, 0.1) is 16.4 Å². The third-order valence-electron chi connectivity index (χ3n) is 2.52. The highest BCUT2D eigenvalue weighted by molar-refractivity contribution is 6.35. The Kier molecular flexibility index (Phi) is 3.46. The molecule has 2 rings (SSSR count). The topological polar surface area (TPSA) is 53.6 Å². The lowest BCUT2D eigenvalue weighted by Crippen LogP contribution is -2.00. The molecule has 2 aromatic rings. The van der Waals surface area contributed by atoms with Gasteiger partial charge in [0, 0.05) is 12.1 Å². The van der Waals surface area contributed by atoms with Crippen LogP contribution in [-0.2, 0) is 7.05 Å². The second kappa shape index (κ2) is 4.89. The maximum Gasteiger partial charge on any atom is 0.146 e. The Labute approximate surface area is 115 Å². The van der Waals surface area contributed by atoms with E-state index in [0.717, 1.165) is 0 Å². The van der Waals surface area contributed by atoms with Crippen molar-refractivity contribution in [1.82, 2.24) is 9.78 Å². The van der Waals surface area contributed by atoms with Gasteiger partial charge in [-0.25, -0.2) is 0 Å². The molecule has 18 heavy (non-hydrogen) atoms. The van der Waals surface area contributed by atoms with Gasteiger partial charge in [-0.3, -0.25) is 4.68 Å². The smallest absolute Gasteiger partial charge is 0.146 e. The molecule has 0 unspecified atom stereocenters.